The van der Waals surface area contributed by atoms with Crippen LogP contribution in [0, 0.1) is 20.8 Å². The van der Waals surface area contributed by atoms with Crippen molar-refractivity contribution in [3.05, 3.63) is 63.2 Å². The fourth-order valence-corrected chi connectivity index (χ4v) is 3.12. The summed E-state index contributed by atoms with van der Waals surface area (Å²) in [6.07, 6.45) is -0.108. The van der Waals surface area contributed by atoms with Gasteiger partial charge in [-0.2, -0.15) is 0 Å². The Morgan fingerprint density at radius 1 is 1.00 bits per heavy atom. The summed E-state index contributed by atoms with van der Waals surface area (Å²) in [5, 5.41) is 11.0. The topological polar surface area (TPSA) is 29.5 Å². The molecule has 2 aromatic carbocycles. The average Bonchev–Trinajstić information content (AvgIpc) is 2.43. The largest absolute Gasteiger partial charge is 0.485 e. The maximum Gasteiger partial charge on any atom is 0.127 e. The Hall–Kier alpha value is -1.51. The minimum absolute atomic E-state index is 0.118. The SMILES string of the molecule is Cc1cc(C)c(C2C[C@@H](O)c3cc(Cl)ccc3O2)cc1C. The molecule has 1 N–H and O–H groups in total. The molecular formula is C18H19ClO2. The van der Waals surface area contributed by atoms with Crippen LogP contribution in [0.3, 0.4) is 0 Å². The summed E-state index contributed by atoms with van der Waals surface area (Å²) in [5.74, 6) is 0.723. The second-order valence-electron chi connectivity index (χ2n) is 5.83. The van der Waals surface area contributed by atoms with Crippen LogP contribution >= 0.6 is 11.6 Å². The molecule has 21 heavy (non-hydrogen) atoms. The van der Waals surface area contributed by atoms with Crippen LogP contribution < -0.4 is 4.74 Å². The van der Waals surface area contributed by atoms with Crippen LogP contribution in [-0.4, -0.2) is 5.11 Å². The second kappa shape index (κ2) is 5.36. The molecule has 2 aromatic rings. The molecule has 0 aliphatic carbocycles. The molecule has 0 spiro atoms. The van der Waals surface area contributed by atoms with E-state index < -0.39 is 6.10 Å². The van der Waals surface area contributed by atoms with Gasteiger partial charge in [0.25, 0.3) is 0 Å². The van der Waals surface area contributed by atoms with Crippen molar-refractivity contribution < 1.29 is 9.84 Å². The molecule has 1 aliphatic heterocycles. The van der Waals surface area contributed by atoms with Crippen LogP contribution in [0.25, 0.3) is 0 Å². The van der Waals surface area contributed by atoms with Crippen LogP contribution in [0.15, 0.2) is 30.3 Å². The Kier molecular flexibility index (Phi) is 3.68. The third-order valence-corrected chi connectivity index (χ3v) is 4.50. The van der Waals surface area contributed by atoms with Crippen molar-refractivity contribution in [3.63, 3.8) is 0 Å². The zero-order chi connectivity index (χ0) is 15.1. The van der Waals surface area contributed by atoms with Crippen molar-refractivity contribution in [2.24, 2.45) is 0 Å². The van der Waals surface area contributed by atoms with Gasteiger partial charge < -0.3 is 9.84 Å². The summed E-state index contributed by atoms with van der Waals surface area (Å²) in [7, 11) is 0. The van der Waals surface area contributed by atoms with Crippen molar-refractivity contribution in [1.29, 1.82) is 0 Å². The number of hydrogen-bond donors (Lipinski definition) is 1. The number of aliphatic hydroxyl groups excluding tert-OH is 1. The van der Waals surface area contributed by atoms with E-state index >= 15 is 0 Å². The summed E-state index contributed by atoms with van der Waals surface area (Å²) >= 11 is 5.99. The normalized spacial score (nSPS) is 20.8. The predicted molar refractivity (Wildman–Crippen MR) is 85.1 cm³/mol. The van der Waals surface area contributed by atoms with Crippen molar-refractivity contribution in [1.82, 2.24) is 0 Å². The number of ether oxygens (including phenoxy) is 1. The van der Waals surface area contributed by atoms with Gasteiger partial charge >= 0.3 is 0 Å². The Bertz CT molecular complexity index is 694. The number of halogens is 1. The van der Waals surface area contributed by atoms with E-state index in [0.29, 0.717) is 11.4 Å². The van der Waals surface area contributed by atoms with E-state index in [1.54, 1.807) is 12.1 Å². The molecule has 1 heterocycles. The van der Waals surface area contributed by atoms with E-state index in [2.05, 4.69) is 32.9 Å². The maximum atomic E-state index is 10.4. The number of aliphatic hydroxyl groups is 1. The standard InChI is InChI=1S/C18H19ClO2/c1-10-6-12(3)14(7-11(10)2)18-9-16(20)15-8-13(19)4-5-17(15)21-18/h4-8,16,18,20H,9H2,1-3H3/t16-,18?/m1/s1. The zero-order valence-corrected chi connectivity index (χ0v) is 13.2. The van der Waals surface area contributed by atoms with Crippen LogP contribution in [-0.2, 0) is 0 Å². The first-order valence-electron chi connectivity index (χ1n) is 7.17. The lowest BCUT2D eigenvalue weighted by atomic mass is 9.91. The summed E-state index contributed by atoms with van der Waals surface area (Å²) < 4.78 is 6.10. The van der Waals surface area contributed by atoms with Gasteiger partial charge in [0.2, 0.25) is 0 Å². The molecule has 3 heteroatoms. The van der Waals surface area contributed by atoms with E-state index in [-0.39, 0.29) is 6.10 Å². The predicted octanol–water partition coefficient (Wildman–Crippen LogP) is 4.82. The first-order chi connectivity index (χ1) is 9.95. The molecule has 110 valence electrons. The van der Waals surface area contributed by atoms with Crippen LogP contribution in [0.2, 0.25) is 5.02 Å². The van der Waals surface area contributed by atoms with Gasteiger partial charge in [0.05, 0.1) is 6.10 Å². The molecule has 0 bridgehead atoms. The number of fused-ring (bicyclic) bond motifs is 1. The molecule has 2 atom stereocenters. The van der Waals surface area contributed by atoms with E-state index in [4.69, 9.17) is 16.3 Å². The van der Waals surface area contributed by atoms with Crippen molar-refractivity contribution >= 4 is 11.6 Å². The third kappa shape index (κ3) is 2.66. The van der Waals surface area contributed by atoms with Gasteiger partial charge in [0.1, 0.15) is 11.9 Å². The van der Waals surface area contributed by atoms with E-state index in [9.17, 15) is 5.11 Å². The summed E-state index contributed by atoms with van der Waals surface area (Å²) in [6, 6.07) is 9.76. The molecule has 0 aromatic heterocycles. The smallest absolute Gasteiger partial charge is 0.127 e. The number of benzene rings is 2. The average molecular weight is 303 g/mol. The van der Waals surface area contributed by atoms with E-state index in [1.165, 1.54) is 16.7 Å². The lowest BCUT2D eigenvalue weighted by Gasteiger charge is -2.31. The van der Waals surface area contributed by atoms with E-state index in [0.717, 1.165) is 16.9 Å². The molecule has 0 saturated heterocycles. The maximum absolute atomic E-state index is 10.4. The summed E-state index contributed by atoms with van der Waals surface area (Å²) in [4.78, 5) is 0. The zero-order valence-electron chi connectivity index (χ0n) is 12.5. The summed E-state index contributed by atoms with van der Waals surface area (Å²) in [6.45, 7) is 6.31. The quantitative estimate of drug-likeness (QED) is 0.818. The molecule has 2 nitrogen and oxygen atoms in total. The molecule has 3 rings (SSSR count). The Labute approximate surface area is 130 Å². The highest BCUT2D eigenvalue weighted by Crippen LogP contribution is 2.42. The van der Waals surface area contributed by atoms with Gasteiger partial charge in [-0.15, -0.1) is 0 Å². The van der Waals surface area contributed by atoms with Crippen molar-refractivity contribution in [2.45, 2.75) is 39.4 Å². The highest BCUT2D eigenvalue weighted by Gasteiger charge is 2.29. The first kappa shape index (κ1) is 14.4. The minimum atomic E-state index is -0.543. The van der Waals surface area contributed by atoms with Gasteiger partial charge in [-0.05, 0) is 61.2 Å². The highest BCUT2D eigenvalue weighted by atomic mass is 35.5. The number of aryl methyl sites for hydroxylation is 3. The molecule has 0 radical (unpaired) electrons. The first-order valence-corrected chi connectivity index (χ1v) is 7.55. The molecule has 0 saturated carbocycles. The molecule has 1 aliphatic rings. The lowest BCUT2D eigenvalue weighted by molar-refractivity contribution is 0.0654. The second-order valence-corrected chi connectivity index (χ2v) is 6.27. The fourth-order valence-electron chi connectivity index (χ4n) is 2.94. The van der Waals surface area contributed by atoms with Crippen LogP contribution in [0.5, 0.6) is 5.75 Å². The molecule has 0 amide bonds. The van der Waals surface area contributed by atoms with Gasteiger partial charge in [-0.3, -0.25) is 0 Å². The van der Waals surface area contributed by atoms with Gasteiger partial charge in [0.15, 0.2) is 0 Å². The highest BCUT2D eigenvalue weighted by molar-refractivity contribution is 6.30. The molecular weight excluding hydrogens is 284 g/mol. The monoisotopic (exact) mass is 302 g/mol. The van der Waals surface area contributed by atoms with E-state index in [1.807, 2.05) is 6.07 Å². The lowest BCUT2D eigenvalue weighted by Crippen LogP contribution is -2.20. The summed E-state index contributed by atoms with van der Waals surface area (Å²) in [5.41, 5.74) is 5.65. The Morgan fingerprint density at radius 2 is 1.71 bits per heavy atom. The van der Waals surface area contributed by atoms with Crippen LogP contribution in [0.1, 0.15) is 46.4 Å². The molecule has 0 fully saturated rings. The van der Waals surface area contributed by atoms with Crippen molar-refractivity contribution in [2.75, 3.05) is 0 Å². The van der Waals surface area contributed by atoms with Gasteiger partial charge in [-0.1, -0.05) is 23.7 Å². The Morgan fingerprint density at radius 3 is 2.48 bits per heavy atom. The molecule has 1 unspecified atom stereocenters. The van der Waals surface area contributed by atoms with Gasteiger partial charge in [0, 0.05) is 17.0 Å². The fraction of sp³-hybridized carbons (Fsp3) is 0.333. The van der Waals surface area contributed by atoms with Crippen molar-refractivity contribution in [3.8, 4) is 5.75 Å². The van der Waals surface area contributed by atoms with Gasteiger partial charge in [-0.25, -0.2) is 0 Å². The number of rotatable bonds is 1. The third-order valence-electron chi connectivity index (χ3n) is 4.27. The minimum Gasteiger partial charge on any atom is -0.485 e. The van der Waals surface area contributed by atoms with Crippen LogP contribution in [0.4, 0.5) is 0 Å². The number of hydrogen-bond acceptors (Lipinski definition) is 2. The Balaban J connectivity index is 1.99.